The first-order valence-corrected chi connectivity index (χ1v) is 7.63. The molecule has 0 amide bonds. The molecule has 100 valence electrons. The molecule has 2 fully saturated rings. The smallest absolute Gasteiger partial charge is 0.0244 e. The fourth-order valence-electron chi connectivity index (χ4n) is 3.62. The third-order valence-electron chi connectivity index (χ3n) is 4.93. The van der Waals surface area contributed by atoms with Gasteiger partial charge in [0.1, 0.15) is 0 Å². The van der Waals surface area contributed by atoms with Gasteiger partial charge in [-0.1, -0.05) is 40.0 Å². The zero-order valence-electron chi connectivity index (χ0n) is 11.9. The van der Waals surface area contributed by atoms with E-state index in [0.717, 1.165) is 23.8 Å². The second-order valence-corrected chi connectivity index (χ2v) is 6.53. The molecule has 1 saturated heterocycles. The van der Waals surface area contributed by atoms with Crippen molar-refractivity contribution in [2.75, 3.05) is 26.2 Å². The molecule has 0 aromatic rings. The van der Waals surface area contributed by atoms with Crippen LogP contribution < -0.4 is 5.32 Å². The van der Waals surface area contributed by atoms with E-state index in [-0.39, 0.29) is 0 Å². The van der Waals surface area contributed by atoms with Crippen LogP contribution in [0.5, 0.6) is 0 Å². The van der Waals surface area contributed by atoms with Gasteiger partial charge >= 0.3 is 0 Å². The molecule has 1 saturated carbocycles. The molecule has 0 radical (unpaired) electrons. The standard InChI is InChI=1S/C15H30N2/c1-12(2)15-10-16-8-9-17(15)11-14-7-5-4-6-13(14)3/h12-16H,4-11H2,1-3H3. The van der Waals surface area contributed by atoms with E-state index in [4.69, 9.17) is 0 Å². The largest absolute Gasteiger partial charge is 0.314 e. The van der Waals surface area contributed by atoms with Crippen LogP contribution in [0.25, 0.3) is 0 Å². The molecule has 2 rings (SSSR count). The Hall–Kier alpha value is -0.0800. The highest BCUT2D eigenvalue weighted by Gasteiger charge is 2.29. The Bertz CT molecular complexity index is 227. The van der Waals surface area contributed by atoms with Crippen molar-refractivity contribution in [2.24, 2.45) is 17.8 Å². The first-order chi connectivity index (χ1) is 8.18. The van der Waals surface area contributed by atoms with Crippen LogP contribution in [0.4, 0.5) is 0 Å². The van der Waals surface area contributed by atoms with Crippen LogP contribution in [0.3, 0.4) is 0 Å². The highest BCUT2D eigenvalue weighted by molar-refractivity contribution is 4.85. The summed E-state index contributed by atoms with van der Waals surface area (Å²) in [6.45, 7) is 12.2. The van der Waals surface area contributed by atoms with E-state index in [9.17, 15) is 0 Å². The molecular weight excluding hydrogens is 208 g/mol. The Labute approximate surface area is 107 Å². The first kappa shape index (κ1) is 13.4. The minimum atomic E-state index is 0.762. The van der Waals surface area contributed by atoms with Crippen molar-refractivity contribution in [3.05, 3.63) is 0 Å². The predicted molar refractivity (Wildman–Crippen MR) is 74.2 cm³/mol. The lowest BCUT2D eigenvalue weighted by Crippen LogP contribution is -2.55. The number of nitrogens with zero attached hydrogens (tertiary/aromatic N) is 1. The average Bonchev–Trinajstić information content (AvgIpc) is 2.32. The minimum Gasteiger partial charge on any atom is -0.314 e. The quantitative estimate of drug-likeness (QED) is 0.813. The second-order valence-electron chi connectivity index (χ2n) is 6.53. The van der Waals surface area contributed by atoms with E-state index >= 15 is 0 Å². The van der Waals surface area contributed by atoms with E-state index in [0.29, 0.717) is 0 Å². The maximum atomic E-state index is 3.55. The lowest BCUT2D eigenvalue weighted by atomic mass is 9.79. The summed E-state index contributed by atoms with van der Waals surface area (Å²) in [5, 5.41) is 3.55. The molecule has 1 aliphatic heterocycles. The number of nitrogens with one attached hydrogen (secondary N) is 1. The third-order valence-corrected chi connectivity index (χ3v) is 4.93. The third kappa shape index (κ3) is 3.45. The van der Waals surface area contributed by atoms with Crippen molar-refractivity contribution in [1.29, 1.82) is 0 Å². The monoisotopic (exact) mass is 238 g/mol. The summed E-state index contributed by atoms with van der Waals surface area (Å²) in [6.07, 6.45) is 5.86. The van der Waals surface area contributed by atoms with Crippen LogP contribution in [-0.2, 0) is 0 Å². The predicted octanol–water partition coefficient (Wildman–Crippen LogP) is 2.74. The average molecular weight is 238 g/mol. The van der Waals surface area contributed by atoms with E-state index in [1.807, 2.05) is 0 Å². The molecule has 0 aromatic heterocycles. The van der Waals surface area contributed by atoms with Gasteiger partial charge < -0.3 is 5.32 Å². The second kappa shape index (κ2) is 6.19. The van der Waals surface area contributed by atoms with Crippen LogP contribution in [0.2, 0.25) is 0 Å². The van der Waals surface area contributed by atoms with Crippen molar-refractivity contribution in [1.82, 2.24) is 10.2 Å². The van der Waals surface area contributed by atoms with Crippen LogP contribution in [0, 0.1) is 17.8 Å². The summed E-state index contributed by atoms with van der Waals surface area (Å²) in [5.74, 6) is 2.69. The number of hydrogen-bond acceptors (Lipinski definition) is 2. The van der Waals surface area contributed by atoms with E-state index < -0.39 is 0 Å². The summed E-state index contributed by atoms with van der Waals surface area (Å²) >= 11 is 0. The van der Waals surface area contributed by atoms with Gasteiger partial charge in [-0.15, -0.1) is 0 Å². The molecule has 0 aromatic carbocycles. The van der Waals surface area contributed by atoms with Gasteiger partial charge in [0.05, 0.1) is 0 Å². The zero-order valence-corrected chi connectivity index (χ0v) is 11.9. The molecule has 2 aliphatic rings. The Morgan fingerprint density at radius 3 is 2.71 bits per heavy atom. The highest BCUT2D eigenvalue weighted by Crippen LogP contribution is 2.31. The summed E-state index contributed by atoms with van der Waals surface area (Å²) in [5.41, 5.74) is 0. The number of hydrogen-bond donors (Lipinski definition) is 1. The Morgan fingerprint density at radius 1 is 1.24 bits per heavy atom. The molecule has 2 nitrogen and oxygen atoms in total. The minimum absolute atomic E-state index is 0.762. The SMILES string of the molecule is CC(C)C1CNCCN1CC1CCCCC1C. The van der Waals surface area contributed by atoms with Gasteiger partial charge in [0, 0.05) is 32.2 Å². The number of piperazine rings is 1. The van der Waals surface area contributed by atoms with Crippen molar-refractivity contribution < 1.29 is 0 Å². The molecule has 3 unspecified atom stereocenters. The van der Waals surface area contributed by atoms with Gasteiger partial charge in [-0.05, 0) is 24.2 Å². The lowest BCUT2D eigenvalue weighted by Gasteiger charge is -2.42. The molecular formula is C15H30N2. The van der Waals surface area contributed by atoms with Crippen LogP contribution in [0.15, 0.2) is 0 Å². The fraction of sp³-hybridized carbons (Fsp3) is 1.00. The van der Waals surface area contributed by atoms with Gasteiger partial charge in [-0.25, -0.2) is 0 Å². The van der Waals surface area contributed by atoms with Crippen molar-refractivity contribution in [3.8, 4) is 0 Å². The summed E-state index contributed by atoms with van der Waals surface area (Å²) < 4.78 is 0. The van der Waals surface area contributed by atoms with Gasteiger partial charge in [0.25, 0.3) is 0 Å². The normalized spacial score (nSPS) is 36.4. The molecule has 0 bridgehead atoms. The molecule has 1 N–H and O–H groups in total. The van der Waals surface area contributed by atoms with Crippen LogP contribution >= 0.6 is 0 Å². The van der Waals surface area contributed by atoms with Gasteiger partial charge in [0.15, 0.2) is 0 Å². The number of rotatable bonds is 3. The van der Waals surface area contributed by atoms with Crippen molar-refractivity contribution >= 4 is 0 Å². The lowest BCUT2D eigenvalue weighted by molar-refractivity contribution is 0.0795. The summed E-state index contributed by atoms with van der Waals surface area (Å²) in [6, 6.07) is 0.762. The maximum absolute atomic E-state index is 3.55. The van der Waals surface area contributed by atoms with E-state index in [2.05, 4.69) is 31.0 Å². The molecule has 2 heteroatoms. The highest BCUT2D eigenvalue weighted by atomic mass is 15.2. The van der Waals surface area contributed by atoms with E-state index in [1.165, 1.54) is 51.9 Å². The van der Waals surface area contributed by atoms with Gasteiger partial charge in [0.2, 0.25) is 0 Å². The molecule has 1 aliphatic carbocycles. The summed E-state index contributed by atoms with van der Waals surface area (Å²) in [7, 11) is 0. The van der Waals surface area contributed by atoms with Crippen molar-refractivity contribution in [3.63, 3.8) is 0 Å². The van der Waals surface area contributed by atoms with Crippen LogP contribution in [0.1, 0.15) is 46.5 Å². The van der Waals surface area contributed by atoms with Gasteiger partial charge in [-0.3, -0.25) is 4.90 Å². The Kier molecular flexibility index (Phi) is 4.87. The maximum Gasteiger partial charge on any atom is 0.0244 e. The fourth-order valence-corrected chi connectivity index (χ4v) is 3.62. The van der Waals surface area contributed by atoms with Gasteiger partial charge in [-0.2, -0.15) is 0 Å². The first-order valence-electron chi connectivity index (χ1n) is 7.63. The van der Waals surface area contributed by atoms with E-state index in [1.54, 1.807) is 0 Å². The van der Waals surface area contributed by atoms with Crippen LogP contribution in [-0.4, -0.2) is 37.1 Å². The summed E-state index contributed by atoms with van der Waals surface area (Å²) in [4.78, 5) is 2.77. The molecule has 17 heavy (non-hydrogen) atoms. The molecule has 1 heterocycles. The Morgan fingerprint density at radius 2 is 2.00 bits per heavy atom. The zero-order chi connectivity index (χ0) is 12.3. The van der Waals surface area contributed by atoms with Crippen molar-refractivity contribution in [2.45, 2.75) is 52.5 Å². The Balaban J connectivity index is 1.90. The topological polar surface area (TPSA) is 15.3 Å². The molecule has 0 spiro atoms. The molecule has 3 atom stereocenters.